The first-order chi connectivity index (χ1) is 11.8. The highest BCUT2D eigenvalue weighted by Gasteiger charge is 2.58. The van der Waals surface area contributed by atoms with Gasteiger partial charge in [-0.15, -0.1) is 0 Å². The molecule has 2 aliphatic heterocycles. The largest absolute Gasteiger partial charge is 0.298 e. The van der Waals surface area contributed by atoms with E-state index in [0.29, 0.717) is 5.66 Å². The second kappa shape index (κ2) is 5.44. The number of piperidine rings is 1. The van der Waals surface area contributed by atoms with Crippen LogP contribution in [0.25, 0.3) is 0 Å². The molecule has 2 aromatic rings. The highest BCUT2D eigenvalue weighted by atomic mass is 15.4. The molecule has 2 heteroatoms. The number of nitrogens with zero attached hydrogens (tertiary/aromatic N) is 1. The van der Waals surface area contributed by atoms with Gasteiger partial charge in [0.15, 0.2) is 0 Å². The van der Waals surface area contributed by atoms with Crippen LogP contribution in [-0.4, -0.2) is 30.2 Å². The third kappa shape index (κ3) is 1.96. The fraction of sp³-hybridized carbons (Fsp3) is 0.455. The molecule has 0 aromatic heterocycles. The zero-order valence-electron chi connectivity index (χ0n) is 14.2. The second-order valence-corrected chi connectivity index (χ2v) is 7.88. The Morgan fingerprint density at radius 3 is 2.25 bits per heavy atom. The van der Waals surface area contributed by atoms with Crippen LogP contribution in [0.3, 0.4) is 0 Å². The first-order valence-corrected chi connectivity index (χ1v) is 9.45. The summed E-state index contributed by atoms with van der Waals surface area (Å²) in [7, 11) is 0. The van der Waals surface area contributed by atoms with Crippen LogP contribution in [0.5, 0.6) is 0 Å². The number of hydrogen-bond donors (Lipinski definition) is 1. The molecule has 2 heterocycles. The van der Waals surface area contributed by atoms with Crippen molar-refractivity contribution in [3.05, 3.63) is 71.8 Å². The molecule has 24 heavy (non-hydrogen) atoms. The summed E-state index contributed by atoms with van der Waals surface area (Å²) in [6.07, 6.45) is 5.33. The van der Waals surface area contributed by atoms with Crippen molar-refractivity contribution in [3.8, 4) is 0 Å². The average molecular weight is 318 g/mol. The Balaban J connectivity index is 1.66. The standard InChI is InChI=1S/C22H26N2/c1-3-8-18(9-4-1)21(19-10-5-2-6-11-19)16-20-12-7-13-22(20)23-14-15-24(22)17-21/h1-6,8-11,20,23H,7,12-17H2. The zero-order chi connectivity index (χ0) is 16.0. The molecule has 5 rings (SSSR count). The van der Waals surface area contributed by atoms with Gasteiger partial charge in [0.2, 0.25) is 0 Å². The lowest BCUT2D eigenvalue weighted by Gasteiger charge is -2.53. The van der Waals surface area contributed by atoms with E-state index in [0.717, 1.165) is 19.0 Å². The van der Waals surface area contributed by atoms with Crippen LogP contribution >= 0.6 is 0 Å². The van der Waals surface area contributed by atoms with Crippen LogP contribution in [0.15, 0.2) is 60.7 Å². The zero-order valence-corrected chi connectivity index (χ0v) is 14.2. The van der Waals surface area contributed by atoms with Crippen molar-refractivity contribution < 1.29 is 0 Å². The summed E-state index contributed by atoms with van der Waals surface area (Å²) < 4.78 is 0. The van der Waals surface area contributed by atoms with E-state index in [-0.39, 0.29) is 5.41 Å². The minimum atomic E-state index is 0.132. The highest BCUT2D eigenvalue weighted by molar-refractivity contribution is 5.42. The maximum atomic E-state index is 3.90. The quantitative estimate of drug-likeness (QED) is 0.906. The van der Waals surface area contributed by atoms with Gasteiger partial charge in [-0.3, -0.25) is 10.2 Å². The van der Waals surface area contributed by atoms with Gasteiger partial charge in [0.25, 0.3) is 0 Å². The van der Waals surface area contributed by atoms with Crippen molar-refractivity contribution in [3.63, 3.8) is 0 Å². The van der Waals surface area contributed by atoms with E-state index >= 15 is 0 Å². The summed E-state index contributed by atoms with van der Waals surface area (Å²) in [5, 5.41) is 3.90. The summed E-state index contributed by atoms with van der Waals surface area (Å²) in [5.41, 5.74) is 3.41. The third-order valence-corrected chi connectivity index (χ3v) is 6.87. The van der Waals surface area contributed by atoms with Crippen molar-refractivity contribution in [1.82, 2.24) is 10.2 Å². The molecule has 2 unspecified atom stereocenters. The number of nitrogens with one attached hydrogen (secondary N) is 1. The molecule has 2 nitrogen and oxygen atoms in total. The molecular weight excluding hydrogens is 292 g/mol. The first kappa shape index (κ1) is 14.7. The van der Waals surface area contributed by atoms with Crippen molar-refractivity contribution in [2.75, 3.05) is 19.6 Å². The Morgan fingerprint density at radius 2 is 1.58 bits per heavy atom. The molecule has 124 valence electrons. The molecule has 1 N–H and O–H groups in total. The molecule has 0 bridgehead atoms. The van der Waals surface area contributed by atoms with E-state index < -0.39 is 0 Å². The van der Waals surface area contributed by atoms with E-state index in [1.54, 1.807) is 0 Å². The van der Waals surface area contributed by atoms with Crippen molar-refractivity contribution >= 4 is 0 Å². The SMILES string of the molecule is c1ccc(C2(c3ccccc3)CC3CCCC34NCCN4C2)cc1. The second-order valence-electron chi connectivity index (χ2n) is 7.88. The average Bonchev–Trinajstić information content (AvgIpc) is 3.25. The van der Waals surface area contributed by atoms with E-state index in [9.17, 15) is 0 Å². The van der Waals surface area contributed by atoms with Crippen molar-refractivity contribution in [2.45, 2.75) is 36.8 Å². The van der Waals surface area contributed by atoms with Crippen molar-refractivity contribution in [1.29, 1.82) is 0 Å². The van der Waals surface area contributed by atoms with E-state index in [2.05, 4.69) is 70.9 Å². The lowest BCUT2D eigenvalue weighted by atomic mass is 9.64. The van der Waals surface area contributed by atoms with Crippen LogP contribution in [0.2, 0.25) is 0 Å². The van der Waals surface area contributed by atoms with Gasteiger partial charge >= 0.3 is 0 Å². The van der Waals surface area contributed by atoms with Crippen LogP contribution in [0.1, 0.15) is 36.8 Å². The van der Waals surface area contributed by atoms with E-state index in [1.165, 1.54) is 43.4 Å². The van der Waals surface area contributed by atoms with E-state index in [4.69, 9.17) is 0 Å². The predicted molar refractivity (Wildman–Crippen MR) is 97.9 cm³/mol. The minimum Gasteiger partial charge on any atom is -0.298 e. The lowest BCUT2D eigenvalue weighted by Crippen LogP contribution is -2.63. The number of benzene rings is 2. The van der Waals surface area contributed by atoms with Gasteiger partial charge in [-0.2, -0.15) is 0 Å². The van der Waals surface area contributed by atoms with Crippen LogP contribution in [0.4, 0.5) is 0 Å². The maximum Gasteiger partial charge on any atom is 0.0743 e. The summed E-state index contributed by atoms with van der Waals surface area (Å²) in [6.45, 7) is 3.48. The van der Waals surface area contributed by atoms with Gasteiger partial charge in [0.05, 0.1) is 5.66 Å². The van der Waals surface area contributed by atoms with Gasteiger partial charge < -0.3 is 0 Å². The van der Waals surface area contributed by atoms with Gasteiger partial charge in [-0.1, -0.05) is 60.7 Å². The molecule has 1 saturated carbocycles. The maximum absolute atomic E-state index is 3.90. The molecule has 1 aliphatic carbocycles. The fourth-order valence-corrected chi connectivity index (χ4v) is 5.83. The van der Waals surface area contributed by atoms with Crippen LogP contribution < -0.4 is 5.32 Å². The Kier molecular flexibility index (Phi) is 3.33. The Labute approximate surface area is 144 Å². The molecule has 2 saturated heterocycles. The Bertz CT molecular complexity index is 646. The molecular formula is C22H26N2. The summed E-state index contributed by atoms with van der Waals surface area (Å²) in [4.78, 5) is 2.79. The Morgan fingerprint density at radius 1 is 0.917 bits per heavy atom. The van der Waals surface area contributed by atoms with E-state index in [1.807, 2.05) is 0 Å². The lowest BCUT2D eigenvalue weighted by molar-refractivity contribution is 0.00333. The molecule has 0 amide bonds. The fourth-order valence-electron chi connectivity index (χ4n) is 5.83. The van der Waals surface area contributed by atoms with Crippen LogP contribution in [0, 0.1) is 5.92 Å². The molecule has 1 spiro atoms. The minimum absolute atomic E-state index is 0.132. The van der Waals surface area contributed by atoms with Gasteiger partial charge in [-0.05, 0) is 42.7 Å². The molecule has 3 fully saturated rings. The third-order valence-electron chi connectivity index (χ3n) is 6.87. The topological polar surface area (TPSA) is 15.3 Å². The Hall–Kier alpha value is -1.64. The summed E-state index contributed by atoms with van der Waals surface area (Å²) >= 11 is 0. The summed E-state index contributed by atoms with van der Waals surface area (Å²) in [6, 6.07) is 22.5. The molecule has 0 radical (unpaired) electrons. The monoisotopic (exact) mass is 318 g/mol. The normalized spacial score (nSPS) is 31.6. The van der Waals surface area contributed by atoms with Gasteiger partial charge in [-0.25, -0.2) is 0 Å². The van der Waals surface area contributed by atoms with Crippen LogP contribution in [-0.2, 0) is 5.41 Å². The first-order valence-electron chi connectivity index (χ1n) is 9.45. The molecule has 2 aromatic carbocycles. The molecule has 3 aliphatic rings. The molecule has 2 atom stereocenters. The van der Waals surface area contributed by atoms with Crippen molar-refractivity contribution in [2.24, 2.45) is 5.92 Å². The summed E-state index contributed by atoms with van der Waals surface area (Å²) in [5.74, 6) is 0.758. The predicted octanol–water partition coefficient (Wildman–Crippen LogP) is 3.78. The number of hydrogen-bond acceptors (Lipinski definition) is 2. The highest BCUT2D eigenvalue weighted by Crippen LogP contribution is 2.53. The number of rotatable bonds is 2. The smallest absolute Gasteiger partial charge is 0.0743 e. The van der Waals surface area contributed by atoms with Gasteiger partial charge in [0, 0.05) is 25.0 Å². The van der Waals surface area contributed by atoms with Gasteiger partial charge in [0.1, 0.15) is 0 Å².